The Morgan fingerprint density at radius 3 is 2.64 bits per heavy atom. The number of nitrogens with one attached hydrogen (secondary N) is 2. The lowest BCUT2D eigenvalue weighted by Gasteiger charge is -2.19. The molecule has 9 nitrogen and oxygen atoms in total. The van der Waals surface area contributed by atoms with E-state index < -0.39 is 0 Å². The third kappa shape index (κ3) is 3.54. The molecule has 2 saturated heterocycles. The van der Waals surface area contributed by atoms with Crippen molar-refractivity contribution in [1.29, 1.82) is 0 Å². The second kappa shape index (κ2) is 8.14. The summed E-state index contributed by atoms with van der Waals surface area (Å²) < 4.78 is 0.949. The molecule has 2 amide bonds. The van der Waals surface area contributed by atoms with Crippen LogP contribution < -0.4 is 10.7 Å². The molecule has 2 unspecified atom stereocenters. The number of hydrazine groups is 1. The van der Waals surface area contributed by atoms with Crippen LogP contribution in [0.15, 0.2) is 24.4 Å². The van der Waals surface area contributed by atoms with Crippen molar-refractivity contribution in [2.75, 3.05) is 18.5 Å². The van der Waals surface area contributed by atoms with Crippen LogP contribution in [0.5, 0.6) is 0 Å². The van der Waals surface area contributed by atoms with Crippen LogP contribution in [0.25, 0.3) is 21.3 Å². The van der Waals surface area contributed by atoms with Gasteiger partial charge in [-0.2, -0.15) is 0 Å². The Kier molecular flexibility index (Phi) is 5.24. The number of rotatable bonds is 6. The topological polar surface area (TPSA) is 107 Å². The first-order valence-corrected chi connectivity index (χ1v) is 13.1. The van der Waals surface area contributed by atoms with E-state index in [0.29, 0.717) is 12.2 Å². The molecule has 10 heteroatoms. The van der Waals surface area contributed by atoms with Crippen molar-refractivity contribution < 1.29 is 14.5 Å². The number of hydrogen-bond acceptors (Lipinski definition) is 7. The van der Waals surface area contributed by atoms with Crippen LogP contribution in [-0.2, 0) is 16.1 Å². The highest BCUT2D eigenvalue weighted by Crippen LogP contribution is 2.63. The number of piperidine rings is 1. The van der Waals surface area contributed by atoms with Gasteiger partial charge in [0.05, 0.1) is 45.7 Å². The summed E-state index contributed by atoms with van der Waals surface area (Å²) in [5, 5.41) is 3.23. The summed E-state index contributed by atoms with van der Waals surface area (Å²) in [5.41, 5.74) is 7.74. The minimum Gasteiger partial charge on any atom is -0.310 e. The molecule has 186 valence electrons. The van der Waals surface area contributed by atoms with Crippen molar-refractivity contribution in [3.8, 4) is 11.1 Å². The molecule has 6 rings (SSSR count). The van der Waals surface area contributed by atoms with Crippen molar-refractivity contribution in [3.63, 3.8) is 0 Å². The van der Waals surface area contributed by atoms with Crippen molar-refractivity contribution >= 4 is 39.1 Å². The van der Waals surface area contributed by atoms with E-state index in [0.717, 1.165) is 55.4 Å². The normalized spacial score (nSPS) is 24.4. The minimum absolute atomic E-state index is 0.0653. The summed E-state index contributed by atoms with van der Waals surface area (Å²) in [7, 11) is 0. The number of aromatic nitrogens is 2. The maximum Gasteiger partial charge on any atom is 0.248 e. The molecular weight excluding hydrogens is 476 g/mol. The van der Waals surface area contributed by atoms with E-state index in [1.54, 1.807) is 6.20 Å². The van der Waals surface area contributed by atoms with Crippen molar-refractivity contribution in [2.24, 2.45) is 17.3 Å². The third-order valence-electron chi connectivity index (χ3n) is 7.87. The predicted molar refractivity (Wildman–Crippen MR) is 137 cm³/mol. The molecule has 3 fully saturated rings. The molecule has 3 aliphatic rings. The molecule has 0 spiro atoms. The highest BCUT2D eigenvalue weighted by atomic mass is 32.1. The van der Waals surface area contributed by atoms with Crippen LogP contribution in [0, 0.1) is 36.0 Å². The van der Waals surface area contributed by atoms with Crippen molar-refractivity contribution in [1.82, 2.24) is 20.2 Å². The first-order valence-electron chi connectivity index (χ1n) is 12.3. The number of nitroso groups, excluding NO2 is 1. The maximum atomic E-state index is 12.9. The van der Waals surface area contributed by atoms with Gasteiger partial charge in [-0.25, -0.2) is 0 Å². The van der Waals surface area contributed by atoms with Gasteiger partial charge in [-0.3, -0.25) is 24.5 Å². The molecule has 5 heterocycles. The number of imide groups is 1. The van der Waals surface area contributed by atoms with E-state index in [-0.39, 0.29) is 41.7 Å². The fourth-order valence-corrected chi connectivity index (χ4v) is 6.95. The summed E-state index contributed by atoms with van der Waals surface area (Å²) in [6.45, 7) is 9.55. The fraction of sp³-hybridized carbons (Fsp3) is 0.462. The highest BCUT2D eigenvalue weighted by Gasteiger charge is 2.72. The van der Waals surface area contributed by atoms with Gasteiger partial charge in [-0.15, -0.1) is 16.8 Å². The Labute approximate surface area is 212 Å². The molecule has 3 aromatic rings. The molecule has 1 saturated carbocycles. The van der Waals surface area contributed by atoms with Gasteiger partial charge in [-0.05, 0) is 37.5 Å². The monoisotopic (exact) mass is 505 g/mol. The van der Waals surface area contributed by atoms with Crippen LogP contribution in [0.2, 0.25) is 0 Å². The Bertz CT molecular complexity index is 1420. The number of thiophene rings is 1. The van der Waals surface area contributed by atoms with Crippen LogP contribution in [0.4, 0.5) is 5.69 Å². The Morgan fingerprint density at radius 2 is 1.94 bits per heavy atom. The smallest absolute Gasteiger partial charge is 0.248 e. The Morgan fingerprint density at radius 1 is 1.19 bits per heavy atom. The Balaban J connectivity index is 1.35. The van der Waals surface area contributed by atoms with Crippen LogP contribution in [0.3, 0.4) is 0 Å². The first kappa shape index (κ1) is 23.2. The summed E-state index contributed by atoms with van der Waals surface area (Å²) in [6, 6.07) is 5.74. The van der Waals surface area contributed by atoms with Crippen LogP contribution in [0.1, 0.15) is 36.5 Å². The molecule has 36 heavy (non-hydrogen) atoms. The molecular formula is C26H29N6O3S+. The van der Waals surface area contributed by atoms with E-state index in [2.05, 4.69) is 20.7 Å². The number of amides is 2. The van der Waals surface area contributed by atoms with Crippen LogP contribution >= 0.6 is 11.3 Å². The van der Waals surface area contributed by atoms with E-state index in [1.807, 2.05) is 45.9 Å². The second-order valence-corrected chi connectivity index (χ2v) is 11.8. The van der Waals surface area contributed by atoms with Gasteiger partial charge in [0.2, 0.25) is 17.9 Å². The lowest BCUT2D eigenvalue weighted by atomic mass is 10.0. The van der Waals surface area contributed by atoms with E-state index in [4.69, 9.17) is 0 Å². The lowest BCUT2D eigenvalue weighted by Crippen LogP contribution is -2.35. The second-order valence-electron chi connectivity index (χ2n) is 10.7. The minimum atomic E-state index is -0.218. The van der Waals surface area contributed by atoms with Gasteiger partial charge in [-0.1, -0.05) is 13.8 Å². The number of nitrogens with zero attached hydrogens (tertiary/aromatic N) is 4. The number of pyridine rings is 2. The summed E-state index contributed by atoms with van der Waals surface area (Å²) in [5.74, 6) is -0.502. The molecule has 2 aliphatic heterocycles. The zero-order chi connectivity index (χ0) is 25.4. The number of anilines is 1. The number of likely N-dealkylation sites (tertiary alicyclic amines) is 1. The molecule has 0 radical (unpaired) electrons. The summed E-state index contributed by atoms with van der Waals surface area (Å²) in [6.07, 6.45) is 2.54. The predicted octanol–water partition coefficient (Wildman–Crippen LogP) is 3.58. The first-order chi connectivity index (χ1) is 17.2. The van der Waals surface area contributed by atoms with Gasteiger partial charge in [0, 0.05) is 40.9 Å². The lowest BCUT2D eigenvalue weighted by molar-refractivity contribution is -0.552. The molecule has 0 aromatic carbocycles. The number of fused-ring (bicyclic) bond motifs is 2. The van der Waals surface area contributed by atoms with Crippen molar-refractivity contribution in [3.05, 3.63) is 45.6 Å². The number of carbonyl (C=O) groups excluding carboxylic acids is 2. The average molecular weight is 506 g/mol. The number of aryl methyl sites for hydroxylation is 2. The average Bonchev–Trinajstić information content (AvgIpc) is 3.31. The largest absolute Gasteiger partial charge is 0.310 e. The quantitative estimate of drug-likeness (QED) is 0.300. The highest BCUT2D eigenvalue weighted by molar-refractivity contribution is 7.19. The number of carbonyl (C=O) groups is 2. The summed E-state index contributed by atoms with van der Waals surface area (Å²) >= 11 is 1.53. The van der Waals surface area contributed by atoms with Gasteiger partial charge >= 0.3 is 0 Å². The zero-order valence-corrected chi connectivity index (χ0v) is 21.6. The fourth-order valence-electron chi connectivity index (χ4n) is 5.82. The molecule has 3 aromatic heterocycles. The Hall–Kier alpha value is -3.24. The van der Waals surface area contributed by atoms with Gasteiger partial charge < -0.3 is 5.32 Å². The van der Waals surface area contributed by atoms with E-state index >= 15 is 0 Å². The van der Waals surface area contributed by atoms with Crippen molar-refractivity contribution in [2.45, 2.75) is 46.7 Å². The molecule has 3 atom stereocenters. The maximum absolute atomic E-state index is 12.9. The third-order valence-corrected chi connectivity index (χ3v) is 9.02. The SMILES string of the molecule is Cc1cc(-c2ccnc3cc(CN4C(=O)C5C(C4=O)C5(C)C)sc23)c(N[N+](=O)[C@@H]2CCNC2)c(C)n1. The van der Waals surface area contributed by atoms with Gasteiger partial charge in [0.25, 0.3) is 0 Å². The van der Waals surface area contributed by atoms with Gasteiger partial charge in [0.1, 0.15) is 10.6 Å². The standard InChI is InChI=1S/C26H29N6O3S/c1-13-9-18(22(14(2)29-13)30-32(35)15-5-7-27-11-15)17-6-8-28-19-10-16(36-23(17)19)12-31-24(33)20-21(25(31)34)26(20,3)4/h6,8-10,15,20-21,27H,5,7,11-12H2,1-4H3,(H,30,35)/q+1/t15-,20?,21?/m1/s1. The summed E-state index contributed by atoms with van der Waals surface area (Å²) in [4.78, 5) is 51.0. The number of hydrogen-bond donors (Lipinski definition) is 2. The van der Waals surface area contributed by atoms with Gasteiger partial charge in [0.15, 0.2) is 0 Å². The molecule has 2 N–H and O–H groups in total. The molecule has 0 bridgehead atoms. The van der Waals surface area contributed by atoms with Crippen LogP contribution in [-0.4, -0.2) is 50.7 Å². The van der Waals surface area contributed by atoms with E-state index in [9.17, 15) is 14.5 Å². The zero-order valence-electron chi connectivity index (χ0n) is 20.8. The van der Waals surface area contributed by atoms with E-state index in [1.165, 1.54) is 16.2 Å². The molecule has 1 aliphatic carbocycles.